The Morgan fingerprint density at radius 2 is 2.38 bits per heavy atom. The summed E-state index contributed by atoms with van der Waals surface area (Å²) in [6.45, 7) is 5.07. The number of hydrogen-bond acceptors (Lipinski definition) is 3. The molecule has 1 aliphatic rings. The first kappa shape index (κ1) is 13.5. The Balaban J connectivity index is 2.40. The third-order valence-electron chi connectivity index (χ3n) is 3.32. The van der Waals surface area contributed by atoms with Crippen LogP contribution in [-0.2, 0) is 4.79 Å². The number of nitrogens with one attached hydrogen (secondary N) is 1. The van der Waals surface area contributed by atoms with Crippen LogP contribution in [-0.4, -0.2) is 48.7 Å². The van der Waals surface area contributed by atoms with Crippen molar-refractivity contribution >= 4 is 5.97 Å². The molecule has 94 valence electrons. The lowest BCUT2D eigenvalue weighted by molar-refractivity contribution is -0.143. The number of piperidine rings is 1. The summed E-state index contributed by atoms with van der Waals surface area (Å²) in [5.41, 5.74) is 0. The first-order chi connectivity index (χ1) is 7.65. The highest BCUT2D eigenvalue weighted by molar-refractivity contribution is 5.73. The molecule has 1 fully saturated rings. The minimum atomic E-state index is -0.687. The zero-order valence-electron chi connectivity index (χ0n) is 10.4. The van der Waals surface area contributed by atoms with Crippen LogP contribution in [0.3, 0.4) is 0 Å². The van der Waals surface area contributed by atoms with E-state index in [0.717, 1.165) is 32.5 Å². The molecule has 2 unspecified atom stereocenters. The van der Waals surface area contributed by atoms with Crippen molar-refractivity contribution in [2.24, 2.45) is 5.92 Å². The third kappa shape index (κ3) is 4.10. The highest BCUT2D eigenvalue weighted by Gasteiger charge is 2.24. The van der Waals surface area contributed by atoms with E-state index >= 15 is 0 Å². The van der Waals surface area contributed by atoms with E-state index < -0.39 is 5.97 Å². The van der Waals surface area contributed by atoms with Crippen LogP contribution in [0.4, 0.5) is 0 Å². The molecule has 0 aliphatic carbocycles. The molecule has 0 aromatic carbocycles. The van der Waals surface area contributed by atoms with Gasteiger partial charge in [-0.2, -0.15) is 0 Å². The Labute approximate surface area is 98.0 Å². The fourth-order valence-electron chi connectivity index (χ4n) is 2.42. The van der Waals surface area contributed by atoms with Gasteiger partial charge >= 0.3 is 5.97 Å². The van der Waals surface area contributed by atoms with Crippen molar-refractivity contribution in [1.29, 1.82) is 0 Å². The van der Waals surface area contributed by atoms with Gasteiger partial charge in [0.15, 0.2) is 0 Å². The van der Waals surface area contributed by atoms with Crippen molar-refractivity contribution in [3.8, 4) is 0 Å². The molecule has 0 aromatic rings. The van der Waals surface area contributed by atoms with Gasteiger partial charge in [-0.25, -0.2) is 0 Å². The fourth-order valence-corrected chi connectivity index (χ4v) is 2.42. The average molecular weight is 228 g/mol. The number of aliphatic carboxylic acids is 1. The van der Waals surface area contributed by atoms with Gasteiger partial charge in [-0.1, -0.05) is 13.3 Å². The molecule has 0 aromatic heterocycles. The molecule has 1 rings (SSSR count). The zero-order valence-corrected chi connectivity index (χ0v) is 10.4. The molecule has 0 saturated carbocycles. The monoisotopic (exact) mass is 228 g/mol. The molecular weight excluding hydrogens is 204 g/mol. The number of carboxylic acid groups (broad SMARTS) is 1. The topological polar surface area (TPSA) is 52.6 Å². The summed E-state index contributed by atoms with van der Waals surface area (Å²) in [6, 6.07) is -0.313. The van der Waals surface area contributed by atoms with Gasteiger partial charge in [0, 0.05) is 6.54 Å². The molecular formula is C12H24N2O2. The minimum absolute atomic E-state index is 0.313. The van der Waals surface area contributed by atoms with E-state index in [1.807, 2.05) is 18.9 Å². The summed E-state index contributed by atoms with van der Waals surface area (Å²) in [7, 11) is 1.93. The second-order valence-corrected chi connectivity index (χ2v) is 4.79. The molecule has 2 atom stereocenters. The fraction of sp³-hybridized carbons (Fsp3) is 0.917. The summed E-state index contributed by atoms with van der Waals surface area (Å²) in [4.78, 5) is 13.1. The van der Waals surface area contributed by atoms with E-state index in [-0.39, 0.29) is 6.04 Å². The molecule has 1 aliphatic heterocycles. The lowest BCUT2D eigenvalue weighted by Gasteiger charge is -2.31. The van der Waals surface area contributed by atoms with Crippen molar-refractivity contribution in [3.05, 3.63) is 0 Å². The highest BCUT2D eigenvalue weighted by Crippen LogP contribution is 2.14. The number of carbonyl (C=O) groups is 1. The van der Waals surface area contributed by atoms with E-state index in [4.69, 9.17) is 5.11 Å². The van der Waals surface area contributed by atoms with Gasteiger partial charge in [-0.05, 0) is 45.3 Å². The number of hydrogen-bond donors (Lipinski definition) is 2. The predicted octanol–water partition coefficient (Wildman–Crippen LogP) is 1.17. The Bertz CT molecular complexity index is 215. The molecule has 0 radical (unpaired) electrons. The Kier molecular flexibility index (Phi) is 5.77. The molecule has 2 N–H and O–H groups in total. The summed E-state index contributed by atoms with van der Waals surface area (Å²) in [6.07, 6.45) is 4.09. The summed E-state index contributed by atoms with van der Waals surface area (Å²) < 4.78 is 0. The maximum absolute atomic E-state index is 11.1. The zero-order chi connectivity index (χ0) is 12.0. The van der Waals surface area contributed by atoms with Gasteiger partial charge < -0.3 is 10.4 Å². The maximum atomic E-state index is 11.1. The third-order valence-corrected chi connectivity index (χ3v) is 3.32. The summed E-state index contributed by atoms with van der Waals surface area (Å²) >= 11 is 0. The lowest BCUT2D eigenvalue weighted by atomic mass is 9.98. The quantitative estimate of drug-likeness (QED) is 0.716. The number of rotatable bonds is 6. The number of likely N-dealkylation sites (N-methyl/N-ethyl adjacent to an activating group) is 1. The van der Waals surface area contributed by atoms with Crippen molar-refractivity contribution in [1.82, 2.24) is 10.2 Å². The van der Waals surface area contributed by atoms with E-state index in [0.29, 0.717) is 5.92 Å². The lowest BCUT2D eigenvalue weighted by Crippen LogP contribution is -2.44. The van der Waals surface area contributed by atoms with Crippen molar-refractivity contribution in [2.45, 2.75) is 38.6 Å². The standard InChI is InChI=1S/C12H24N2O2/c1-3-5-11(12(15)16)14(2)9-10-6-4-7-13-8-10/h10-11,13H,3-9H2,1-2H3,(H,15,16). The smallest absolute Gasteiger partial charge is 0.320 e. The Hall–Kier alpha value is -0.610. The van der Waals surface area contributed by atoms with Crippen LogP contribution in [0, 0.1) is 5.92 Å². The molecule has 0 amide bonds. The molecule has 4 heteroatoms. The maximum Gasteiger partial charge on any atom is 0.320 e. The Morgan fingerprint density at radius 3 is 2.88 bits per heavy atom. The van der Waals surface area contributed by atoms with Gasteiger partial charge in [0.1, 0.15) is 6.04 Å². The van der Waals surface area contributed by atoms with Crippen LogP contribution in [0.15, 0.2) is 0 Å². The first-order valence-electron chi connectivity index (χ1n) is 6.29. The van der Waals surface area contributed by atoms with Crippen LogP contribution in [0.2, 0.25) is 0 Å². The van der Waals surface area contributed by atoms with Gasteiger partial charge in [-0.3, -0.25) is 9.69 Å². The molecule has 1 saturated heterocycles. The van der Waals surface area contributed by atoms with Crippen LogP contribution in [0.25, 0.3) is 0 Å². The number of carboxylic acids is 1. The second-order valence-electron chi connectivity index (χ2n) is 4.79. The van der Waals surface area contributed by atoms with Gasteiger partial charge in [-0.15, -0.1) is 0 Å². The van der Waals surface area contributed by atoms with Crippen LogP contribution in [0.5, 0.6) is 0 Å². The molecule has 4 nitrogen and oxygen atoms in total. The van der Waals surface area contributed by atoms with Crippen LogP contribution >= 0.6 is 0 Å². The highest BCUT2D eigenvalue weighted by atomic mass is 16.4. The number of nitrogens with zero attached hydrogens (tertiary/aromatic N) is 1. The SMILES string of the molecule is CCCC(C(=O)O)N(C)CC1CCCNC1. The largest absolute Gasteiger partial charge is 0.480 e. The van der Waals surface area contributed by atoms with Crippen LogP contribution in [0.1, 0.15) is 32.6 Å². The first-order valence-corrected chi connectivity index (χ1v) is 6.29. The van der Waals surface area contributed by atoms with E-state index in [1.54, 1.807) is 0 Å². The van der Waals surface area contributed by atoms with E-state index in [2.05, 4.69) is 5.32 Å². The normalized spacial score (nSPS) is 23.3. The van der Waals surface area contributed by atoms with Gasteiger partial charge in [0.05, 0.1) is 0 Å². The van der Waals surface area contributed by atoms with E-state index in [9.17, 15) is 4.79 Å². The van der Waals surface area contributed by atoms with Crippen molar-refractivity contribution in [3.63, 3.8) is 0 Å². The second kappa shape index (κ2) is 6.86. The molecule has 0 spiro atoms. The molecule has 16 heavy (non-hydrogen) atoms. The van der Waals surface area contributed by atoms with Crippen molar-refractivity contribution < 1.29 is 9.90 Å². The predicted molar refractivity (Wildman–Crippen MR) is 64.6 cm³/mol. The Morgan fingerprint density at radius 1 is 1.62 bits per heavy atom. The van der Waals surface area contributed by atoms with Gasteiger partial charge in [0.2, 0.25) is 0 Å². The average Bonchev–Trinajstić information content (AvgIpc) is 2.26. The summed E-state index contributed by atoms with van der Waals surface area (Å²) in [5, 5.41) is 12.5. The molecule has 0 bridgehead atoms. The van der Waals surface area contributed by atoms with Crippen molar-refractivity contribution in [2.75, 3.05) is 26.7 Å². The molecule has 1 heterocycles. The van der Waals surface area contributed by atoms with E-state index in [1.165, 1.54) is 12.8 Å². The summed E-state index contributed by atoms with van der Waals surface area (Å²) in [5.74, 6) is -0.0782. The minimum Gasteiger partial charge on any atom is -0.480 e. The van der Waals surface area contributed by atoms with Crippen LogP contribution < -0.4 is 5.32 Å². The van der Waals surface area contributed by atoms with Gasteiger partial charge in [0.25, 0.3) is 0 Å².